The molecule has 0 saturated heterocycles. The van der Waals surface area contributed by atoms with Crippen LogP contribution in [-0.4, -0.2) is 27.0 Å². The molecule has 1 amide bonds. The second kappa shape index (κ2) is 7.92. The molecule has 5 heteroatoms. The van der Waals surface area contributed by atoms with Crippen molar-refractivity contribution in [3.8, 4) is 0 Å². The molecule has 0 unspecified atom stereocenters. The maximum Gasteiger partial charge on any atom is 0.252 e. The Labute approximate surface area is 148 Å². The van der Waals surface area contributed by atoms with E-state index in [0.717, 1.165) is 29.8 Å². The summed E-state index contributed by atoms with van der Waals surface area (Å²) in [5, 5.41) is 2.95. The van der Waals surface area contributed by atoms with Crippen LogP contribution in [0.3, 0.4) is 0 Å². The number of hydrogen-bond donors (Lipinski definition) is 1. The van der Waals surface area contributed by atoms with Crippen LogP contribution in [0.5, 0.6) is 0 Å². The average Bonchev–Trinajstić information content (AvgIpc) is 2.98. The van der Waals surface area contributed by atoms with Gasteiger partial charge in [0, 0.05) is 31.9 Å². The lowest BCUT2D eigenvalue weighted by Gasteiger charge is -2.11. The second-order valence-corrected chi connectivity index (χ2v) is 6.60. The van der Waals surface area contributed by atoms with Crippen LogP contribution >= 0.6 is 0 Å². The summed E-state index contributed by atoms with van der Waals surface area (Å²) >= 11 is 0. The lowest BCUT2D eigenvalue weighted by atomic mass is 10.1. The minimum absolute atomic E-state index is 0.0991. The highest BCUT2D eigenvalue weighted by Gasteiger charge is 2.11. The third-order valence-electron chi connectivity index (χ3n) is 4.22. The molecule has 2 aromatic heterocycles. The number of imidazole rings is 1. The van der Waals surface area contributed by atoms with Gasteiger partial charge in [-0.05, 0) is 36.6 Å². The number of pyridine rings is 1. The van der Waals surface area contributed by atoms with Gasteiger partial charge in [-0.2, -0.15) is 0 Å². The molecule has 0 aliphatic heterocycles. The molecule has 1 N–H and O–H groups in total. The lowest BCUT2D eigenvalue weighted by molar-refractivity contribution is 0.0953. The second-order valence-electron chi connectivity index (χ2n) is 6.60. The van der Waals surface area contributed by atoms with E-state index in [-0.39, 0.29) is 5.91 Å². The summed E-state index contributed by atoms with van der Waals surface area (Å²) < 4.78 is 2.28. The molecule has 2 heterocycles. The van der Waals surface area contributed by atoms with Crippen LogP contribution in [0.2, 0.25) is 0 Å². The molecular weight excluding hydrogens is 312 g/mol. The first-order chi connectivity index (χ1) is 12.1. The summed E-state index contributed by atoms with van der Waals surface area (Å²) in [7, 11) is 0. The van der Waals surface area contributed by atoms with E-state index in [9.17, 15) is 4.79 Å². The van der Waals surface area contributed by atoms with Crippen molar-refractivity contribution >= 4 is 16.9 Å². The predicted molar refractivity (Wildman–Crippen MR) is 99.5 cm³/mol. The van der Waals surface area contributed by atoms with Gasteiger partial charge >= 0.3 is 0 Å². The fourth-order valence-corrected chi connectivity index (χ4v) is 2.84. The van der Waals surface area contributed by atoms with Crippen molar-refractivity contribution < 1.29 is 4.79 Å². The van der Waals surface area contributed by atoms with Crippen LogP contribution in [0.1, 0.15) is 36.5 Å². The highest BCUT2D eigenvalue weighted by atomic mass is 16.1. The van der Waals surface area contributed by atoms with Crippen LogP contribution in [0.4, 0.5) is 0 Å². The van der Waals surface area contributed by atoms with E-state index in [0.29, 0.717) is 24.4 Å². The van der Waals surface area contributed by atoms with Crippen LogP contribution < -0.4 is 5.32 Å². The van der Waals surface area contributed by atoms with E-state index in [2.05, 4.69) is 34.8 Å². The Morgan fingerprint density at radius 2 is 2.04 bits per heavy atom. The first kappa shape index (κ1) is 17.1. The molecule has 3 aromatic rings. The molecule has 5 nitrogen and oxygen atoms in total. The van der Waals surface area contributed by atoms with Gasteiger partial charge in [0.05, 0.1) is 16.6 Å². The molecule has 0 atom stereocenters. The van der Waals surface area contributed by atoms with Crippen molar-refractivity contribution in [3.05, 3.63) is 60.2 Å². The molecule has 0 spiro atoms. The minimum Gasteiger partial charge on any atom is -0.352 e. The fraction of sp³-hybridized carbons (Fsp3) is 0.350. The molecule has 0 radical (unpaired) electrons. The van der Waals surface area contributed by atoms with Gasteiger partial charge < -0.3 is 9.88 Å². The van der Waals surface area contributed by atoms with Crippen molar-refractivity contribution in [1.82, 2.24) is 19.9 Å². The van der Waals surface area contributed by atoms with Crippen molar-refractivity contribution in [1.29, 1.82) is 0 Å². The predicted octanol–water partition coefficient (Wildman–Crippen LogP) is 3.45. The minimum atomic E-state index is -0.0991. The molecular formula is C20H24N4O. The van der Waals surface area contributed by atoms with E-state index in [1.54, 1.807) is 24.5 Å². The van der Waals surface area contributed by atoms with E-state index in [4.69, 9.17) is 4.98 Å². The van der Waals surface area contributed by atoms with Gasteiger partial charge in [0.15, 0.2) is 0 Å². The summed E-state index contributed by atoms with van der Waals surface area (Å²) in [5.41, 5.74) is 2.76. The molecule has 3 rings (SSSR count). The van der Waals surface area contributed by atoms with Crippen molar-refractivity contribution in [3.63, 3.8) is 0 Å². The number of para-hydroxylation sites is 2. The normalized spacial score (nSPS) is 11.2. The fourth-order valence-electron chi connectivity index (χ4n) is 2.84. The number of benzene rings is 1. The van der Waals surface area contributed by atoms with Crippen LogP contribution in [0, 0.1) is 5.92 Å². The van der Waals surface area contributed by atoms with Gasteiger partial charge in [0.1, 0.15) is 5.82 Å². The van der Waals surface area contributed by atoms with Gasteiger partial charge in [0.2, 0.25) is 0 Å². The van der Waals surface area contributed by atoms with E-state index < -0.39 is 0 Å². The maximum absolute atomic E-state index is 12.1. The van der Waals surface area contributed by atoms with E-state index in [1.807, 2.05) is 18.2 Å². The summed E-state index contributed by atoms with van der Waals surface area (Å²) in [6, 6.07) is 11.7. The maximum atomic E-state index is 12.1. The van der Waals surface area contributed by atoms with Gasteiger partial charge in [-0.15, -0.1) is 0 Å². The largest absolute Gasteiger partial charge is 0.352 e. The standard InChI is InChI=1S/C20H24N4O/c1-15(2)10-13-24-18-8-4-3-7-17(18)23-19(24)9-12-22-20(25)16-6-5-11-21-14-16/h3-8,11,14-15H,9-10,12-13H2,1-2H3,(H,22,25). The quantitative estimate of drug-likeness (QED) is 0.719. The highest BCUT2D eigenvalue weighted by Crippen LogP contribution is 2.18. The Hall–Kier alpha value is -2.69. The zero-order valence-electron chi connectivity index (χ0n) is 14.8. The molecule has 0 saturated carbocycles. The number of aromatic nitrogens is 3. The number of hydrogen-bond acceptors (Lipinski definition) is 3. The molecule has 0 aliphatic rings. The number of rotatable bonds is 7. The smallest absolute Gasteiger partial charge is 0.252 e. The van der Waals surface area contributed by atoms with Gasteiger partial charge in [0.25, 0.3) is 5.91 Å². The monoisotopic (exact) mass is 336 g/mol. The van der Waals surface area contributed by atoms with Gasteiger partial charge in [-0.25, -0.2) is 4.98 Å². The number of amides is 1. The summed E-state index contributed by atoms with van der Waals surface area (Å²) in [5.74, 6) is 1.56. The Morgan fingerprint density at radius 1 is 1.20 bits per heavy atom. The summed E-state index contributed by atoms with van der Waals surface area (Å²) in [6.07, 6.45) is 5.05. The number of nitrogens with one attached hydrogen (secondary N) is 1. The molecule has 0 fully saturated rings. The lowest BCUT2D eigenvalue weighted by Crippen LogP contribution is -2.26. The molecule has 0 aliphatic carbocycles. The number of carbonyl (C=O) groups excluding carboxylic acids is 1. The third kappa shape index (κ3) is 4.24. The Morgan fingerprint density at radius 3 is 2.80 bits per heavy atom. The zero-order chi connectivity index (χ0) is 17.6. The van der Waals surface area contributed by atoms with Crippen LogP contribution in [0.25, 0.3) is 11.0 Å². The van der Waals surface area contributed by atoms with E-state index >= 15 is 0 Å². The van der Waals surface area contributed by atoms with Crippen LogP contribution in [-0.2, 0) is 13.0 Å². The summed E-state index contributed by atoms with van der Waals surface area (Å²) in [6.45, 7) is 5.96. The first-order valence-corrected chi connectivity index (χ1v) is 8.77. The van der Waals surface area contributed by atoms with Crippen molar-refractivity contribution in [2.75, 3.05) is 6.54 Å². The Balaban J connectivity index is 1.70. The highest BCUT2D eigenvalue weighted by molar-refractivity contribution is 5.93. The SMILES string of the molecule is CC(C)CCn1c(CCNC(=O)c2cccnc2)nc2ccccc21. The topological polar surface area (TPSA) is 59.8 Å². The number of carbonyl (C=O) groups is 1. The average molecular weight is 336 g/mol. The molecule has 130 valence electrons. The number of fused-ring (bicyclic) bond motifs is 1. The van der Waals surface area contributed by atoms with Crippen molar-refractivity contribution in [2.45, 2.75) is 33.2 Å². The summed E-state index contributed by atoms with van der Waals surface area (Å²) in [4.78, 5) is 20.9. The Kier molecular flexibility index (Phi) is 5.43. The first-order valence-electron chi connectivity index (χ1n) is 8.77. The zero-order valence-corrected chi connectivity index (χ0v) is 14.8. The molecule has 0 bridgehead atoms. The van der Waals surface area contributed by atoms with Gasteiger partial charge in [-0.3, -0.25) is 9.78 Å². The Bertz CT molecular complexity index is 839. The van der Waals surface area contributed by atoms with Gasteiger partial charge in [-0.1, -0.05) is 26.0 Å². The molecule has 1 aromatic carbocycles. The number of aryl methyl sites for hydroxylation is 1. The van der Waals surface area contributed by atoms with Crippen molar-refractivity contribution in [2.24, 2.45) is 5.92 Å². The number of nitrogens with zero attached hydrogens (tertiary/aromatic N) is 3. The third-order valence-corrected chi connectivity index (χ3v) is 4.22. The molecule has 25 heavy (non-hydrogen) atoms. The van der Waals surface area contributed by atoms with Crippen LogP contribution in [0.15, 0.2) is 48.8 Å². The van der Waals surface area contributed by atoms with E-state index in [1.165, 1.54) is 0 Å².